The standard InChI is InChI=1S/C15H24N4/c1-16-15-13(5-2-7-17-15)11-18-8-4-10-19-9-3-6-14(19)12-18/h2,5,7,14H,3-4,6,8-12H2,1H3,(H,16,17). The predicted octanol–water partition coefficient (Wildman–Crippen LogP) is 1.79. The van der Waals surface area contributed by atoms with Crippen molar-refractivity contribution in [2.24, 2.45) is 0 Å². The molecule has 0 aliphatic carbocycles. The van der Waals surface area contributed by atoms with Crippen LogP contribution in [0.15, 0.2) is 18.3 Å². The number of aromatic nitrogens is 1. The van der Waals surface area contributed by atoms with E-state index in [2.05, 4.69) is 26.2 Å². The van der Waals surface area contributed by atoms with E-state index in [4.69, 9.17) is 0 Å². The average Bonchev–Trinajstić information content (AvgIpc) is 2.78. The van der Waals surface area contributed by atoms with E-state index in [1.165, 1.54) is 51.0 Å². The number of nitrogens with one attached hydrogen (secondary N) is 1. The highest BCUT2D eigenvalue weighted by molar-refractivity contribution is 5.42. The van der Waals surface area contributed by atoms with Crippen molar-refractivity contribution in [3.8, 4) is 0 Å². The molecule has 3 heterocycles. The van der Waals surface area contributed by atoms with E-state index < -0.39 is 0 Å². The first-order valence-electron chi connectivity index (χ1n) is 7.45. The topological polar surface area (TPSA) is 31.4 Å². The molecule has 2 saturated heterocycles. The quantitative estimate of drug-likeness (QED) is 0.898. The number of anilines is 1. The average molecular weight is 260 g/mol. The number of rotatable bonds is 3. The first-order chi connectivity index (χ1) is 9.36. The van der Waals surface area contributed by atoms with Crippen LogP contribution in [-0.2, 0) is 6.54 Å². The van der Waals surface area contributed by atoms with Gasteiger partial charge in [-0.15, -0.1) is 0 Å². The zero-order valence-corrected chi connectivity index (χ0v) is 11.8. The molecular weight excluding hydrogens is 236 g/mol. The Morgan fingerprint density at radius 2 is 2.21 bits per heavy atom. The van der Waals surface area contributed by atoms with E-state index in [9.17, 15) is 0 Å². The molecule has 2 aliphatic rings. The fourth-order valence-electron chi connectivity index (χ4n) is 3.46. The molecule has 0 radical (unpaired) electrons. The summed E-state index contributed by atoms with van der Waals surface area (Å²) in [5.74, 6) is 1.02. The summed E-state index contributed by atoms with van der Waals surface area (Å²) in [6, 6.07) is 5.02. The number of hydrogen-bond acceptors (Lipinski definition) is 4. The summed E-state index contributed by atoms with van der Waals surface area (Å²) >= 11 is 0. The first kappa shape index (κ1) is 12.9. The molecular formula is C15H24N4. The normalized spacial score (nSPS) is 25.0. The van der Waals surface area contributed by atoms with Gasteiger partial charge >= 0.3 is 0 Å². The van der Waals surface area contributed by atoms with Gasteiger partial charge in [0.15, 0.2) is 0 Å². The van der Waals surface area contributed by atoms with E-state index in [0.717, 1.165) is 18.4 Å². The molecule has 0 bridgehead atoms. The van der Waals surface area contributed by atoms with Gasteiger partial charge in [-0.3, -0.25) is 9.80 Å². The molecule has 1 atom stereocenters. The molecule has 19 heavy (non-hydrogen) atoms. The molecule has 4 nitrogen and oxygen atoms in total. The van der Waals surface area contributed by atoms with Crippen LogP contribution in [0.5, 0.6) is 0 Å². The zero-order chi connectivity index (χ0) is 13.1. The summed E-state index contributed by atoms with van der Waals surface area (Å²) in [4.78, 5) is 9.69. The summed E-state index contributed by atoms with van der Waals surface area (Å²) in [6.45, 7) is 6.05. The summed E-state index contributed by atoms with van der Waals surface area (Å²) in [6.07, 6.45) is 5.91. The van der Waals surface area contributed by atoms with Crippen molar-refractivity contribution in [3.05, 3.63) is 23.9 Å². The lowest BCUT2D eigenvalue weighted by atomic mass is 10.2. The van der Waals surface area contributed by atoms with Gasteiger partial charge in [-0.05, 0) is 45.0 Å². The Morgan fingerprint density at radius 3 is 3.11 bits per heavy atom. The van der Waals surface area contributed by atoms with Gasteiger partial charge in [0, 0.05) is 37.9 Å². The van der Waals surface area contributed by atoms with Crippen LogP contribution in [0.25, 0.3) is 0 Å². The van der Waals surface area contributed by atoms with Crippen molar-refractivity contribution in [1.29, 1.82) is 0 Å². The molecule has 0 aromatic carbocycles. The summed E-state index contributed by atoms with van der Waals surface area (Å²) in [5, 5.41) is 3.20. The van der Waals surface area contributed by atoms with Gasteiger partial charge < -0.3 is 5.32 Å². The van der Waals surface area contributed by atoms with Crippen LogP contribution in [0.4, 0.5) is 5.82 Å². The molecule has 104 valence electrons. The third-order valence-electron chi connectivity index (χ3n) is 4.41. The van der Waals surface area contributed by atoms with Crippen molar-refractivity contribution in [3.63, 3.8) is 0 Å². The van der Waals surface area contributed by atoms with Crippen LogP contribution in [-0.4, -0.2) is 54.1 Å². The molecule has 1 unspecified atom stereocenters. The highest BCUT2D eigenvalue weighted by Crippen LogP contribution is 2.23. The van der Waals surface area contributed by atoms with Gasteiger partial charge in [-0.1, -0.05) is 6.07 Å². The SMILES string of the molecule is CNc1ncccc1CN1CCCN2CCCC2C1. The van der Waals surface area contributed by atoms with Crippen molar-refractivity contribution in [2.75, 3.05) is 38.5 Å². The Hall–Kier alpha value is -1.13. The van der Waals surface area contributed by atoms with E-state index in [-0.39, 0.29) is 0 Å². The number of nitrogens with zero attached hydrogens (tertiary/aromatic N) is 3. The Balaban J connectivity index is 1.68. The number of hydrogen-bond donors (Lipinski definition) is 1. The van der Waals surface area contributed by atoms with Crippen LogP contribution in [0, 0.1) is 0 Å². The van der Waals surface area contributed by atoms with Gasteiger partial charge in [0.1, 0.15) is 5.82 Å². The highest BCUT2D eigenvalue weighted by Gasteiger charge is 2.28. The molecule has 1 aromatic heterocycles. The molecule has 0 saturated carbocycles. The highest BCUT2D eigenvalue weighted by atomic mass is 15.3. The summed E-state index contributed by atoms with van der Waals surface area (Å²) in [7, 11) is 1.95. The van der Waals surface area contributed by atoms with Crippen molar-refractivity contribution in [1.82, 2.24) is 14.8 Å². The largest absolute Gasteiger partial charge is 0.373 e. The van der Waals surface area contributed by atoms with Crippen molar-refractivity contribution in [2.45, 2.75) is 31.8 Å². The maximum atomic E-state index is 4.40. The minimum Gasteiger partial charge on any atom is -0.373 e. The molecule has 4 heteroatoms. The Bertz CT molecular complexity index is 420. The van der Waals surface area contributed by atoms with E-state index in [1.54, 1.807) is 0 Å². The monoisotopic (exact) mass is 260 g/mol. The molecule has 2 fully saturated rings. The molecule has 1 N–H and O–H groups in total. The second-order valence-electron chi connectivity index (χ2n) is 5.68. The Morgan fingerprint density at radius 1 is 1.32 bits per heavy atom. The second-order valence-corrected chi connectivity index (χ2v) is 5.68. The maximum absolute atomic E-state index is 4.40. The van der Waals surface area contributed by atoms with Gasteiger partial charge in [-0.2, -0.15) is 0 Å². The van der Waals surface area contributed by atoms with Crippen LogP contribution in [0.2, 0.25) is 0 Å². The Kier molecular flexibility index (Phi) is 3.99. The maximum Gasteiger partial charge on any atom is 0.130 e. The fourth-order valence-corrected chi connectivity index (χ4v) is 3.46. The fraction of sp³-hybridized carbons (Fsp3) is 0.667. The first-order valence-corrected chi connectivity index (χ1v) is 7.45. The summed E-state index contributed by atoms with van der Waals surface area (Å²) < 4.78 is 0. The van der Waals surface area contributed by atoms with Gasteiger partial charge in [0.25, 0.3) is 0 Å². The third kappa shape index (κ3) is 2.90. The number of pyridine rings is 1. The molecule has 3 rings (SSSR count). The zero-order valence-electron chi connectivity index (χ0n) is 11.8. The van der Waals surface area contributed by atoms with Crippen LogP contribution in [0.1, 0.15) is 24.8 Å². The number of fused-ring (bicyclic) bond motifs is 1. The van der Waals surface area contributed by atoms with Gasteiger partial charge in [0.05, 0.1) is 0 Å². The summed E-state index contributed by atoms with van der Waals surface area (Å²) in [5.41, 5.74) is 1.32. The van der Waals surface area contributed by atoms with E-state index in [1.807, 2.05) is 19.3 Å². The minimum absolute atomic E-state index is 0.789. The van der Waals surface area contributed by atoms with Crippen molar-refractivity contribution < 1.29 is 0 Å². The lowest BCUT2D eigenvalue weighted by Gasteiger charge is -2.26. The third-order valence-corrected chi connectivity index (χ3v) is 4.41. The smallest absolute Gasteiger partial charge is 0.130 e. The molecule has 0 amide bonds. The minimum atomic E-state index is 0.789. The van der Waals surface area contributed by atoms with Gasteiger partial charge in [0.2, 0.25) is 0 Å². The second kappa shape index (κ2) is 5.88. The van der Waals surface area contributed by atoms with Crippen LogP contribution in [0.3, 0.4) is 0 Å². The van der Waals surface area contributed by atoms with Crippen molar-refractivity contribution >= 4 is 5.82 Å². The van der Waals surface area contributed by atoms with E-state index >= 15 is 0 Å². The van der Waals surface area contributed by atoms with Crippen LogP contribution >= 0.6 is 0 Å². The Labute approximate surface area is 115 Å². The van der Waals surface area contributed by atoms with Gasteiger partial charge in [-0.25, -0.2) is 4.98 Å². The molecule has 1 aromatic rings. The predicted molar refractivity (Wildman–Crippen MR) is 78.3 cm³/mol. The lowest BCUT2D eigenvalue weighted by Crippen LogP contribution is -2.36. The van der Waals surface area contributed by atoms with E-state index in [0.29, 0.717) is 0 Å². The van der Waals surface area contributed by atoms with Crippen LogP contribution < -0.4 is 5.32 Å². The lowest BCUT2D eigenvalue weighted by molar-refractivity contribution is 0.215. The molecule has 0 spiro atoms. The molecule has 2 aliphatic heterocycles.